The predicted molar refractivity (Wildman–Crippen MR) is 101 cm³/mol. The zero-order valence-electron chi connectivity index (χ0n) is 14.7. The Labute approximate surface area is 148 Å². The highest BCUT2D eigenvalue weighted by Crippen LogP contribution is 2.31. The van der Waals surface area contributed by atoms with Crippen molar-refractivity contribution in [2.75, 3.05) is 13.1 Å². The molecule has 0 amide bonds. The number of aromatic amines is 1. The fraction of sp³-hybridized carbons (Fsp3) is 0.381. The molecule has 0 aliphatic carbocycles. The van der Waals surface area contributed by atoms with E-state index in [1.807, 2.05) is 0 Å². The van der Waals surface area contributed by atoms with Crippen molar-refractivity contribution in [3.05, 3.63) is 65.5 Å². The molecular formula is C21H25N3O. The summed E-state index contributed by atoms with van der Waals surface area (Å²) in [7, 11) is 0. The van der Waals surface area contributed by atoms with Crippen LogP contribution in [0.1, 0.15) is 36.2 Å². The van der Waals surface area contributed by atoms with Crippen LogP contribution in [0.25, 0.3) is 10.8 Å². The first-order chi connectivity index (χ1) is 12.2. The lowest BCUT2D eigenvalue weighted by Gasteiger charge is -2.36. The molecule has 0 unspecified atom stereocenters. The number of aliphatic hydroxyl groups excluding tert-OH is 1. The van der Waals surface area contributed by atoms with Crippen LogP contribution in [0.5, 0.6) is 0 Å². The number of nitrogens with zero attached hydrogens (tertiary/aromatic N) is 2. The van der Waals surface area contributed by atoms with Gasteiger partial charge in [0.05, 0.1) is 11.8 Å². The van der Waals surface area contributed by atoms with Crippen molar-refractivity contribution in [2.45, 2.75) is 38.3 Å². The first kappa shape index (κ1) is 16.3. The number of fused-ring (bicyclic) bond motifs is 1. The van der Waals surface area contributed by atoms with Crippen LogP contribution in [0.15, 0.2) is 48.5 Å². The van der Waals surface area contributed by atoms with Gasteiger partial charge in [-0.05, 0) is 41.8 Å². The Balaban J connectivity index is 1.45. The van der Waals surface area contributed by atoms with E-state index in [1.54, 1.807) is 0 Å². The quantitative estimate of drug-likeness (QED) is 0.767. The molecular weight excluding hydrogens is 310 g/mol. The molecule has 0 saturated carbocycles. The number of aliphatic hydroxyl groups is 1. The Morgan fingerprint density at radius 3 is 2.76 bits per heavy atom. The summed E-state index contributed by atoms with van der Waals surface area (Å²) >= 11 is 0. The normalized spacial score (nSPS) is 21.7. The summed E-state index contributed by atoms with van der Waals surface area (Å²) in [4.78, 5) is 2.31. The second-order valence-corrected chi connectivity index (χ2v) is 7.04. The summed E-state index contributed by atoms with van der Waals surface area (Å²) in [6.45, 7) is 4.64. The van der Waals surface area contributed by atoms with Crippen molar-refractivity contribution in [1.82, 2.24) is 15.1 Å². The maximum atomic E-state index is 10.7. The number of nitrogens with one attached hydrogen (secondary N) is 1. The van der Waals surface area contributed by atoms with E-state index in [0.717, 1.165) is 37.3 Å². The molecule has 2 atom stereocenters. The number of piperidine rings is 1. The average Bonchev–Trinajstić information content (AvgIpc) is 3.09. The van der Waals surface area contributed by atoms with Gasteiger partial charge in [0.2, 0.25) is 0 Å². The fourth-order valence-electron chi connectivity index (χ4n) is 3.88. The van der Waals surface area contributed by atoms with Crippen molar-refractivity contribution in [1.29, 1.82) is 0 Å². The molecule has 2 N–H and O–H groups in total. The Morgan fingerprint density at radius 1 is 1.16 bits per heavy atom. The summed E-state index contributed by atoms with van der Waals surface area (Å²) in [5, 5.41) is 20.6. The van der Waals surface area contributed by atoms with Crippen molar-refractivity contribution in [3.8, 4) is 0 Å². The average molecular weight is 335 g/mol. The van der Waals surface area contributed by atoms with Gasteiger partial charge in [-0.1, -0.05) is 49.4 Å². The van der Waals surface area contributed by atoms with Crippen LogP contribution in [0.3, 0.4) is 0 Å². The summed E-state index contributed by atoms with van der Waals surface area (Å²) < 4.78 is 0. The maximum Gasteiger partial charge on any atom is 0.0736 e. The number of likely N-dealkylation sites (tertiary alicyclic amines) is 1. The molecule has 1 aliphatic rings. The molecule has 1 fully saturated rings. The van der Waals surface area contributed by atoms with E-state index >= 15 is 0 Å². The molecule has 4 nitrogen and oxygen atoms in total. The van der Waals surface area contributed by atoms with Crippen molar-refractivity contribution in [2.24, 2.45) is 0 Å². The molecule has 1 aromatic heterocycles. The first-order valence-electron chi connectivity index (χ1n) is 9.15. The molecule has 0 spiro atoms. The van der Waals surface area contributed by atoms with Crippen molar-refractivity contribution in [3.63, 3.8) is 0 Å². The number of aryl methyl sites for hydroxylation is 1. The van der Waals surface area contributed by atoms with Crippen LogP contribution in [0.2, 0.25) is 0 Å². The molecule has 4 heteroatoms. The van der Waals surface area contributed by atoms with Crippen molar-refractivity contribution < 1.29 is 5.11 Å². The van der Waals surface area contributed by atoms with Gasteiger partial charge in [0.1, 0.15) is 0 Å². The number of hydrogen-bond donors (Lipinski definition) is 2. The van der Waals surface area contributed by atoms with Crippen molar-refractivity contribution >= 4 is 10.8 Å². The molecule has 1 aliphatic heterocycles. The highest BCUT2D eigenvalue weighted by molar-refractivity contribution is 5.83. The van der Waals surface area contributed by atoms with Crippen LogP contribution in [-0.4, -0.2) is 39.4 Å². The monoisotopic (exact) mass is 335 g/mol. The van der Waals surface area contributed by atoms with Gasteiger partial charge in [-0.15, -0.1) is 0 Å². The molecule has 3 aromatic rings. The summed E-state index contributed by atoms with van der Waals surface area (Å²) in [5.41, 5.74) is 3.48. The lowest BCUT2D eigenvalue weighted by Crippen LogP contribution is -2.42. The third-order valence-electron chi connectivity index (χ3n) is 5.31. The van der Waals surface area contributed by atoms with Gasteiger partial charge in [0.15, 0.2) is 0 Å². The summed E-state index contributed by atoms with van der Waals surface area (Å²) in [6, 6.07) is 17.1. The maximum absolute atomic E-state index is 10.7. The predicted octanol–water partition coefficient (Wildman–Crippen LogP) is 3.48. The molecule has 130 valence electrons. The van der Waals surface area contributed by atoms with E-state index in [-0.39, 0.29) is 12.0 Å². The van der Waals surface area contributed by atoms with Gasteiger partial charge in [-0.25, -0.2) is 0 Å². The SMILES string of the molecule is CCc1cc(CN2CC[C@H](c3ccc4ccccc4c3)[C@@H](O)C2)[nH]n1. The minimum absolute atomic E-state index is 0.217. The molecule has 25 heavy (non-hydrogen) atoms. The van der Waals surface area contributed by atoms with Gasteiger partial charge in [0, 0.05) is 24.7 Å². The van der Waals surface area contributed by atoms with Gasteiger partial charge in [-0.3, -0.25) is 10.00 Å². The molecule has 4 rings (SSSR count). The number of H-pyrrole nitrogens is 1. The smallest absolute Gasteiger partial charge is 0.0736 e. The highest BCUT2D eigenvalue weighted by Gasteiger charge is 2.29. The second kappa shape index (κ2) is 6.98. The van der Waals surface area contributed by atoms with Crippen LogP contribution in [0.4, 0.5) is 0 Å². The third kappa shape index (κ3) is 3.46. The summed E-state index contributed by atoms with van der Waals surface area (Å²) in [6.07, 6.45) is 1.60. The standard InChI is InChI=1S/C21H25N3O/c1-2-18-12-19(23-22-18)13-24-10-9-20(21(25)14-24)17-8-7-15-5-3-4-6-16(15)11-17/h3-8,11-12,20-21,25H,2,9-10,13-14H2,1H3,(H,22,23)/t20-,21+/m1/s1. The number of rotatable bonds is 4. The Kier molecular flexibility index (Phi) is 4.55. The van der Waals surface area contributed by atoms with Gasteiger partial charge < -0.3 is 5.11 Å². The van der Waals surface area contributed by atoms with E-state index in [9.17, 15) is 5.11 Å². The topological polar surface area (TPSA) is 52.1 Å². The minimum Gasteiger partial charge on any atom is -0.391 e. The van der Waals surface area contributed by atoms with Crippen LogP contribution < -0.4 is 0 Å². The first-order valence-corrected chi connectivity index (χ1v) is 9.15. The Hall–Kier alpha value is -2.17. The third-order valence-corrected chi connectivity index (χ3v) is 5.31. The largest absolute Gasteiger partial charge is 0.391 e. The molecule has 0 radical (unpaired) electrons. The highest BCUT2D eigenvalue weighted by atomic mass is 16.3. The fourth-order valence-corrected chi connectivity index (χ4v) is 3.88. The van der Waals surface area contributed by atoms with Gasteiger partial charge in [-0.2, -0.15) is 5.10 Å². The van der Waals surface area contributed by atoms with E-state index in [0.29, 0.717) is 6.54 Å². The number of β-amino-alcohol motifs (C(OH)–C–C–N with tert-alkyl or cyclic N) is 1. The zero-order valence-corrected chi connectivity index (χ0v) is 14.7. The Bertz CT molecular complexity index is 857. The van der Waals surface area contributed by atoms with E-state index in [1.165, 1.54) is 16.3 Å². The van der Waals surface area contributed by atoms with Gasteiger partial charge in [0.25, 0.3) is 0 Å². The summed E-state index contributed by atoms with van der Waals surface area (Å²) in [5.74, 6) is 0.217. The minimum atomic E-state index is -0.330. The zero-order chi connectivity index (χ0) is 17.2. The van der Waals surface area contributed by atoms with E-state index in [4.69, 9.17) is 0 Å². The number of benzene rings is 2. The number of hydrogen-bond acceptors (Lipinski definition) is 3. The van der Waals surface area contributed by atoms with Crippen LogP contribution in [-0.2, 0) is 13.0 Å². The van der Waals surface area contributed by atoms with E-state index < -0.39 is 0 Å². The lowest BCUT2D eigenvalue weighted by molar-refractivity contribution is 0.0471. The molecule has 2 heterocycles. The number of aromatic nitrogens is 2. The molecule has 0 bridgehead atoms. The van der Waals surface area contributed by atoms with Crippen LogP contribution >= 0.6 is 0 Å². The van der Waals surface area contributed by atoms with Crippen LogP contribution in [0, 0.1) is 0 Å². The van der Waals surface area contributed by atoms with E-state index in [2.05, 4.69) is 70.6 Å². The lowest BCUT2D eigenvalue weighted by atomic mass is 9.86. The second-order valence-electron chi connectivity index (χ2n) is 7.04. The van der Waals surface area contributed by atoms with Gasteiger partial charge >= 0.3 is 0 Å². The molecule has 1 saturated heterocycles. The Morgan fingerprint density at radius 2 is 2.00 bits per heavy atom. The molecule has 2 aromatic carbocycles.